The van der Waals surface area contributed by atoms with Gasteiger partial charge in [-0.05, 0) is 44.9 Å². The first-order chi connectivity index (χ1) is 40.6. The zero-order valence-electron chi connectivity index (χ0n) is 56.1. The molecule has 9 heteroatoms. The Morgan fingerprint density at radius 1 is 0.361 bits per heavy atom. The molecule has 0 bridgehead atoms. The summed E-state index contributed by atoms with van der Waals surface area (Å²) in [5.74, 6) is -2.27. The van der Waals surface area contributed by atoms with E-state index in [-0.39, 0.29) is 32.2 Å². The highest BCUT2D eigenvalue weighted by atomic mass is 16.7. The Hall–Kier alpha value is -2.23. The van der Waals surface area contributed by atoms with E-state index in [2.05, 4.69) is 38.2 Å². The van der Waals surface area contributed by atoms with Crippen LogP contribution in [0, 0.1) is 0 Å². The van der Waals surface area contributed by atoms with E-state index >= 15 is 0 Å². The van der Waals surface area contributed by atoms with Gasteiger partial charge in [0.1, 0.15) is 13.2 Å². The van der Waals surface area contributed by atoms with Crippen molar-refractivity contribution in [2.75, 3.05) is 47.5 Å². The number of quaternary nitrogens is 1. The molecule has 490 valence electrons. The number of allylic oxidation sites excluding steroid dienone is 4. The number of esters is 2. The molecular weight excluding hydrogens is 1030 g/mol. The number of carboxylic acid groups (broad SMARTS) is 1. The first kappa shape index (κ1) is 80.8. The van der Waals surface area contributed by atoms with Crippen LogP contribution in [0.3, 0.4) is 0 Å². The summed E-state index contributed by atoms with van der Waals surface area (Å²) in [7, 11) is 5.94. The van der Waals surface area contributed by atoms with Crippen LogP contribution >= 0.6 is 0 Å². The minimum Gasteiger partial charge on any atom is -0.545 e. The molecule has 2 atom stereocenters. The molecule has 2 unspecified atom stereocenters. The van der Waals surface area contributed by atoms with Gasteiger partial charge in [0, 0.05) is 12.8 Å². The average molecular weight is 1170 g/mol. The van der Waals surface area contributed by atoms with Gasteiger partial charge in [0.05, 0.1) is 40.3 Å². The van der Waals surface area contributed by atoms with Crippen LogP contribution in [-0.4, -0.2) is 82.3 Å². The number of ether oxygens (including phenoxy) is 4. The van der Waals surface area contributed by atoms with E-state index in [9.17, 15) is 19.5 Å². The van der Waals surface area contributed by atoms with Crippen molar-refractivity contribution in [3.05, 3.63) is 24.3 Å². The zero-order valence-corrected chi connectivity index (χ0v) is 56.1. The molecule has 0 saturated heterocycles. The summed E-state index contributed by atoms with van der Waals surface area (Å²) in [5.41, 5.74) is 0. The van der Waals surface area contributed by atoms with Crippen molar-refractivity contribution in [1.29, 1.82) is 0 Å². The normalized spacial score (nSPS) is 12.7. The highest BCUT2D eigenvalue weighted by molar-refractivity contribution is 5.70. The third kappa shape index (κ3) is 67.1. The number of aliphatic carboxylic acids is 1. The largest absolute Gasteiger partial charge is 0.545 e. The molecule has 83 heavy (non-hydrogen) atoms. The van der Waals surface area contributed by atoms with Gasteiger partial charge >= 0.3 is 11.9 Å². The van der Waals surface area contributed by atoms with E-state index in [1.807, 2.05) is 21.1 Å². The highest BCUT2D eigenvalue weighted by Gasteiger charge is 2.22. The van der Waals surface area contributed by atoms with Gasteiger partial charge in [0.2, 0.25) is 0 Å². The number of carbonyl (C=O) groups excluding carboxylic acids is 3. The van der Waals surface area contributed by atoms with Crippen molar-refractivity contribution in [2.24, 2.45) is 0 Å². The molecule has 0 amide bonds. The fourth-order valence-corrected chi connectivity index (χ4v) is 11.1. The maximum absolute atomic E-state index is 12.9. The lowest BCUT2D eigenvalue weighted by Crippen LogP contribution is -2.44. The smallest absolute Gasteiger partial charge is 0.306 e. The first-order valence-electron chi connectivity index (χ1n) is 36.5. The predicted octanol–water partition coefficient (Wildman–Crippen LogP) is 21.3. The van der Waals surface area contributed by atoms with Crippen molar-refractivity contribution >= 4 is 17.9 Å². The van der Waals surface area contributed by atoms with Crippen molar-refractivity contribution in [2.45, 2.75) is 386 Å². The van der Waals surface area contributed by atoms with Gasteiger partial charge in [-0.2, -0.15) is 0 Å². The molecule has 0 radical (unpaired) electrons. The number of rotatable bonds is 69. The molecule has 0 aromatic rings. The third-order valence-electron chi connectivity index (χ3n) is 16.7. The van der Waals surface area contributed by atoms with Crippen molar-refractivity contribution < 1.29 is 42.9 Å². The van der Waals surface area contributed by atoms with Crippen LogP contribution in [0.15, 0.2) is 24.3 Å². The van der Waals surface area contributed by atoms with Gasteiger partial charge in [-0.1, -0.05) is 340 Å². The molecule has 0 aromatic carbocycles. The Bertz CT molecular complexity index is 1410. The van der Waals surface area contributed by atoms with E-state index < -0.39 is 24.3 Å². The monoisotopic (exact) mass is 1170 g/mol. The van der Waals surface area contributed by atoms with Gasteiger partial charge in [-0.15, -0.1) is 0 Å². The van der Waals surface area contributed by atoms with Gasteiger partial charge < -0.3 is 33.3 Å². The summed E-state index contributed by atoms with van der Waals surface area (Å²) in [6, 6.07) is 0. The standard InChI is InChI=1S/C74H141NO8/c1-6-8-10-12-14-16-18-20-22-24-26-27-28-29-30-31-32-33-34-35-36-37-38-39-40-41-42-43-44-45-46-47-49-50-52-54-56-58-60-62-64-71(76)81-68-70(69-82-74(73(78)79)80-67-66-75(3,4)5)83-72(77)65-63-61-59-57-55-53-51-48-25-23-21-19-17-15-13-11-9-7-2/h17,19,23,25,70,74H,6-16,18,20-22,24,26-69H2,1-5H3/b19-17-,25-23-. The second-order valence-electron chi connectivity index (χ2n) is 26.2. The van der Waals surface area contributed by atoms with Gasteiger partial charge in [-0.25, -0.2) is 0 Å². The summed E-state index contributed by atoms with van der Waals surface area (Å²) in [5, 5.41) is 11.8. The van der Waals surface area contributed by atoms with Crippen molar-refractivity contribution in [3.8, 4) is 0 Å². The lowest BCUT2D eigenvalue weighted by Gasteiger charge is -2.26. The molecule has 0 aromatic heterocycles. The van der Waals surface area contributed by atoms with Crippen LogP contribution in [0.4, 0.5) is 0 Å². The zero-order chi connectivity index (χ0) is 60.5. The van der Waals surface area contributed by atoms with Gasteiger partial charge in [0.15, 0.2) is 12.4 Å². The van der Waals surface area contributed by atoms with Gasteiger partial charge in [-0.3, -0.25) is 9.59 Å². The van der Waals surface area contributed by atoms with E-state index in [0.29, 0.717) is 23.9 Å². The number of carbonyl (C=O) groups is 3. The van der Waals surface area contributed by atoms with Crippen LogP contribution in [-0.2, 0) is 33.3 Å². The van der Waals surface area contributed by atoms with Crippen LogP contribution in [0.25, 0.3) is 0 Å². The predicted molar refractivity (Wildman–Crippen MR) is 353 cm³/mol. The summed E-state index contributed by atoms with van der Waals surface area (Å²) >= 11 is 0. The van der Waals surface area contributed by atoms with Crippen LogP contribution < -0.4 is 5.11 Å². The minimum absolute atomic E-state index is 0.148. The summed E-state index contributed by atoms with van der Waals surface area (Å²) in [4.78, 5) is 37.4. The maximum atomic E-state index is 12.9. The SMILES string of the molecule is CCCCCC/C=C\C/C=C\CCCCCCCCCC(=O)OC(COC(=O)CCCCCCCCCCCCCCCCCCCCCCCCCCCCCCCCCCCCCCCCCC)COC(OCC[N+](C)(C)C)C(=O)[O-]. The molecule has 0 saturated carbocycles. The van der Waals surface area contributed by atoms with E-state index in [0.717, 1.165) is 51.4 Å². The highest BCUT2D eigenvalue weighted by Crippen LogP contribution is 2.19. The number of unbranched alkanes of at least 4 members (excludes halogenated alkanes) is 50. The Kier molecular flexibility index (Phi) is 64.0. The molecule has 0 fully saturated rings. The quantitative estimate of drug-likeness (QED) is 0.0195. The summed E-state index contributed by atoms with van der Waals surface area (Å²) in [6.45, 7) is 4.78. The van der Waals surface area contributed by atoms with Gasteiger partial charge in [0.25, 0.3) is 0 Å². The number of hydrogen-bond acceptors (Lipinski definition) is 8. The molecule has 0 aliphatic carbocycles. The number of hydrogen-bond donors (Lipinski definition) is 0. The van der Waals surface area contributed by atoms with Crippen molar-refractivity contribution in [3.63, 3.8) is 0 Å². The van der Waals surface area contributed by atoms with Crippen LogP contribution in [0.5, 0.6) is 0 Å². The second-order valence-corrected chi connectivity index (χ2v) is 26.2. The molecule has 0 N–H and O–H groups in total. The number of likely N-dealkylation sites (N-methyl/N-ethyl adjacent to an activating group) is 1. The molecule has 0 heterocycles. The number of carboxylic acids is 1. The first-order valence-corrected chi connectivity index (χ1v) is 36.5. The topological polar surface area (TPSA) is 111 Å². The lowest BCUT2D eigenvalue weighted by molar-refractivity contribution is -0.870. The summed E-state index contributed by atoms with van der Waals surface area (Å²) < 4.78 is 22.8. The fourth-order valence-electron chi connectivity index (χ4n) is 11.1. The lowest BCUT2D eigenvalue weighted by atomic mass is 10.0. The third-order valence-corrected chi connectivity index (χ3v) is 16.7. The Labute approximate surface area is 516 Å². The maximum Gasteiger partial charge on any atom is 0.306 e. The minimum atomic E-state index is -1.62. The molecule has 0 aliphatic heterocycles. The molecule has 0 aliphatic rings. The van der Waals surface area contributed by atoms with E-state index in [1.54, 1.807) is 0 Å². The van der Waals surface area contributed by atoms with Crippen LogP contribution in [0.1, 0.15) is 373 Å². The molecular formula is C74H141NO8. The van der Waals surface area contributed by atoms with E-state index in [1.165, 1.54) is 289 Å². The average Bonchev–Trinajstić information content (AvgIpc) is 3.46. The molecule has 9 nitrogen and oxygen atoms in total. The van der Waals surface area contributed by atoms with Crippen LogP contribution in [0.2, 0.25) is 0 Å². The Morgan fingerprint density at radius 3 is 0.964 bits per heavy atom. The Balaban J connectivity index is 3.90. The summed E-state index contributed by atoms with van der Waals surface area (Å²) in [6.07, 6.45) is 78.7. The van der Waals surface area contributed by atoms with E-state index in [4.69, 9.17) is 18.9 Å². The van der Waals surface area contributed by atoms with Crippen molar-refractivity contribution in [1.82, 2.24) is 0 Å². The Morgan fingerprint density at radius 2 is 0.651 bits per heavy atom. The molecule has 0 spiro atoms. The molecule has 0 rings (SSSR count). The second kappa shape index (κ2) is 65.7. The number of nitrogens with zero attached hydrogens (tertiary/aromatic N) is 1. The fraction of sp³-hybridized carbons (Fsp3) is 0.905.